The van der Waals surface area contributed by atoms with Gasteiger partial charge in [-0.15, -0.1) is 0 Å². The van der Waals surface area contributed by atoms with Crippen LogP contribution in [0.4, 0.5) is 4.79 Å². The molecule has 0 aromatic heterocycles. The number of hydrogen-bond acceptors (Lipinski definition) is 19. The number of nitrogens with zero attached hydrogens (tertiary/aromatic N) is 11. The zero-order chi connectivity index (χ0) is 95.8. The highest BCUT2D eigenvalue weighted by Gasteiger charge is 2.35. The first kappa shape index (κ1) is 123. The van der Waals surface area contributed by atoms with Crippen LogP contribution in [-0.2, 0) is 23.7 Å². The minimum Gasteiger partial charge on any atom is -0.450 e. The predicted octanol–water partition coefficient (Wildman–Crippen LogP) is 20.9. The molecule has 0 radical (unpaired) electrons. The molecule has 12 heterocycles. The summed E-state index contributed by atoms with van der Waals surface area (Å²) < 4.78 is 21.4. The maximum Gasteiger partial charge on any atom is 0.410 e. The number of piperidine rings is 5. The standard InChI is InChI=1S/C12H24N2O2.C9H20N2O.C9H17NO.6C9H19N.C8H17NO2.C8H17N.C7H15N/c1-6-16-12(15)14-10(4)7-13(9(2)3)8-11(14)5;1-9(2)12-8-7-11-5-3-10-4-6-11;1-9(2,3)10-6-4-5-8(11)7-10;3*1-9(2,3)10-7-5-4-6-8-10;1-8(2)5-6-9-4-3-7-10-9;1-9(2)8-10-6-4-3-5-7-10;1-9(2)10-7-5-3-4-6-8-10;1-7(2)11-6-8-5-9-3-4-10-8;1-8(2,3)9-6-4-5-7-9;1-7(2,3)8-5-4-6-8/h9-11H,6-8H2,1-5H3;9-10H,3-8H2,1-2H3;4-7H2,1-3H3;3*4-8H2,1-3H3;8-10H,3-7H2,1-2H3;2*9H,3-8H2,1-2H3;7-9H,3-6H2,1-2H3;4-7H2,1-3H3;4-6H2,1-3H3. The van der Waals surface area contributed by atoms with Crippen molar-refractivity contribution in [3.63, 3.8) is 0 Å². The van der Waals surface area contributed by atoms with Crippen molar-refractivity contribution >= 4 is 11.9 Å². The van der Waals surface area contributed by atoms with Gasteiger partial charge in [-0.1, -0.05) is 66.2 Å². The number of amides is 1. The number of likely N-dealkylation sites (tertiary alicyclic amines) is 8. The Labute approximate surface area is 791 Å². The van der Waals surface area contributed by atoms with Crippen LogP contribution in [0.15, 0.2) is 0 Å². The predicted molar refractivity (Wildman–Crippen MR) is 552 cm³/mol. The third-order valence-electron chi connectivity index (χ3n) is 26.5. The highest BCUT2D eigenvalue weighted by atomic mass is 16.6. The lowest BCUT2D eigenvalue weighted by atomic mass is 10.0. The number of piperazine rings is 2. The lowest BCUT2D eigenvalue weighted by Crippen LogP contribution is -2.59. The van der Waals surface area contributed by atoms with Crippen LogP contribution >= 0.6 is 0 Å². The number of morpholine rings is 1. The van der Waals surface area contributed by atoms with E-state index in [0.29, 0.717) is 71.5 Å². The summed E-state index contributed by atoms with van der Waals surface area (Å²) in [6.45, 7) is 108. The molecule has 0 spiro atoms. The molecule has 0 aliphatic carbocycles. The van der Waals surface area contributed by atoms with Crippen molar-refractivity contribution in [3.05, 3.63) is 0 Å². The van der Waals surface area contributed by atoms with Crippen LogP contribution in [0.25, 0.3) is 0 Å². The Bertz CT molecular complexity index is 2470. The molecule has 0 aromatic carbocycles. The lowest BCUT2D eigenvalue weighted by Gasteiger charge is -2.45. The second-order valence-electron chi connectivity index (χ2n) is 46.8. The van der Waals surface area contributed by atoms with E-state index in [9.17, 15) is 9.59 Å². The molecule has 20 nitrogen and oxygen atoms in total. The van der Waals surface area contributed by atoms with Gasteiger partial charge in [0.25, 0.3) is 0 Å². The van der Waals surface area contributed by atoms with Gasteiger partial charge in [0.1, 0.15) is 5.78 Å². The lowest BCUT2D eigenvalue weighted by molar-refractivity contribution is -0.123. The molecule has 4 atom stereocenters. The van der Waals surface area contributed by atoms with Gasteiger partial charge in [0.15, 0.2) is 0 Å². The summed E-state index contributed by atoms with van der Waals surface area (Å²) >= 11 is 0. The topological polar surface area (TPSA) is 143 Å². The van der Waals surface area contributed by atoms with Gasteiger partial charge >= 0.3 is 6.09 Å². The summed E-state index contributed by atoms with van der Waals surface area (Å²) in [6, 6.07) is 2.60. The summed E-state index contributed by atoms with van der Waals surface area (Å²) in [4.78, 5) is 49.8. The molecule has 12 rings (SSSR count). The molecule has 127 heavy (non-hydrogen) atoms. The van der Waals surface area contributed by atoms with Gasteiger partial charge < -0.3 is 49.6 Å². The highest BCUT2D eigenvalue weighted by Crippen LogP contribution is 2.26. The molecule has 20 heteroatoms. The molecule has 12 aliphatic rings. The fourth-order valence-electron chi connectivity index (χ4n) is 18.0. The van der Waals surface area contributed by atoms with E-state index >= 15 is 0 Å². The first-order chi connectivity index (χ1) is 59.4. The minimum absolute atomic E-state index is 0.163. The SMILES string of the molecule is CC(C)(C)N1CCC1.CC(C)(C)N1CCCC(=O)C1.CC(C)(C)N1CCCC1.CC(C)(C)N1CCCCC1.CC(C)(C)N1CCCCC1.CC(C)(C)N1CCCCC1.CC(C)CCC1CCCN1.CC(C)CN1CCCCC1.CC(C)N1CCCCCC1.CC(C)OCC1CNCCO1.CC(C)OCCN1CCNCC1.CCOC(=O)N1C(C)CN(C(C)C)CC1C. The van der Waals surface area contributed by atoms with Crippen LogP contribution in [0.2, 0.25) is 0 Å². The number of carbonyl (C=O) groups excluding carboxylic acids is 2. The second kappa shape index (κ2) is 68.3. The van der Waals surface area contributed by atoms with Crippen molar-refractivity contribution in [2.24, 2.45) is 11.8 Å². The molecule has 0 saturated carbocycles. The van der Waals surface area contributed by atoms with Crippen molar-refractivity contribution in [3.8, 4) is 0 Å². The van der Waals surface area contributed by atoms with Crippen molar-refractivity contribution in [2.75, 3.05) is 203 Å². The van der Waals surface area contributed by atoms with E-state index in [1.165, 1.54) is 265 Å². The van der Waals surface area contributed by atoms with Crippen molar-refractivity contribution in [1.82, 2.24) is 69.8 Å². The van der Waals surface area contributed by atoms with Gasteiger partial charge in [0.2, 0.25) is 0 Å². The zero-order valence-corrected chi connectivity index (χ0v) is 91.2. The van der Waals surface area contributed by atoms with Crippen LogP contribution in [0.1, 0.15) is 389 Å². The summed E-state index contributed by atoms with van der Waals surface area (Å²) in [7, 11) is 0. The molecule has 12 saturated heterocycles. The van der Waals surface area contributed by atoms with E-state index in [-0.39, 0.29) is 29.8 Å². The monoisotopic (exact) mass is 1800 g/mol. The molecule has 1 amide bonds. The molecule has 0 aromatic rings. The number of rotatable bonds is 15. The Morgan fingerprint density at radius 3 is 1.12 bits per heavy atom. The Kier molecular flexibility index (Phi) is 66.3. The molecular formula is C107H224N14O6. The number of Topliss-reactive ketones (excluding diaryl/α,β-unsaturated/α-hetero) is 1. The number of carbonyl (C=O) groups is 2. The van der Waals surface area contributed by atoms with Gasteiger partial charge in [0, 0.05) is 135 Å². The van der Waals surface area contributed by atoms with E-state index in [1.54, 1.807) is 0 Å². The highest BCUT2D eigenvalue weighted by molar-refractivity contribution is 5.81. The van der Waals surface area contributed by atoms with Crippen LogP contribution in [0.3, 0.4) is 0 Å². The first-order valence-corrected chi connectivity index (χ1v) is 53.3. The van der Waals surface area contributed by atoms with E-state index in [1.807, 2.05) is 25.7 Å². The van der Waals surface area contributed by atoms with Crippen molar-refractivity contribution < 1.29 is 28.5 Å². The Morgan fingerprint density at radius 2 is 0.803 bits per heavy atom. The van der Waals surface area contributed by atoms with Crippen molar-refractivity contribution in [2.45, 2.75) is 471 Å². The van der Waals surface area contributed by atoms with Crippen LogP contribution < -0.4 is 16.0 Å². The van der Waals surface area contributed by atoms with Crippen LogP contribution in [0.5, 0.6) is 0 Å². The van der Waals surface area contributed by atoms with E-state index in [0.717, 1.165) is 102 Å². The maximum absolute atomic E-state index is 11.8. The first-order valence-electron chi connectivity index (χ1n) is 53.3. The third-order valence-corrected chi connectivity index (χ3v) is 26.5. The number of nitrogens with one attached hydrogen (secondary N) is 3. The fourth-order valence-corrected chi connectivity index (χ4v) is 18.0. The molecule has 12 fully saturated rings. The summed E-state index contributed by atoms with van der Waals surface area (Å²) in [6.07, 6.45) is 35.1. The quantitative estimate of drug-likeness (QED) is 0.143. The van der Waals surface area contributed by atoms with Crippen LogP contribution in [-0.4, -0.2) is 351 Å². The molecule has 0 bridgehead atoms. The average molecular weight is 1800 g/mol. The summed E-state index contributed by atoms with van der Waals surface area (Å²) in [5, 5.41) is 10.1. The van der Waals surface area contributed by atoms with Crippen LogP contribution in [0, 0.1) is 11.8 Å². The Morgan fingerprint density at radius 1 is 0.417 bits per heavy atom. The maximum atomic E-state index is 11.8. The molecule has 3 N–H and O–H groups in total. The normalized spacial score (nSPS) is 23.6. The average Bonchev–Trinajstić information content (AvgIpc) is 1.69. The van der Waals surface area contributed by atoms with Gasteiger partial charge in [-0.25, -0.2) is 4.79 Å². The molecular weight excluding hydrogens is 1580 g/mol. The van der Waals surface area contributed by atoms with Gasteiger partial charge in [-0.05, 0) is 433 Å². The second-order valence-corrected chi connectivity index (χ2v) is 46.8. The molecule has 4 unspecified atom stereocenters. The van der Waals surface area contributed by atoms with Gasteiger partial charge in [0.05, 0.1) is 51.3 Å². The minimum atomic E-state index is -0.175. The molecule has 758 valence electrons. The number of ether oxygens (including phenoxy) is 4. The summed E-state index contributed by atoms with van der Waals surface area (Å²) in [5.41, 5.74) is 2.21. The van der Waals surface area contributed by atoms with E-state index in [2.05, 4.69) is 273 Å². The largest absolute Gasteiger partial charge is 0.450 e. The van der Waals surface area contributed by atoms with E-state index < -0.39 is 0 Å². The van der Waals surface area contributed by atoms with Crippen molar-refractivity contribution in [1.29, 1.82) is 0 Å². The smallest absolute Gasteiger partial charge is 0.410 e. The van der Waals surface area contributed by atoms with Gasteiger partial charge in [-0.3, -0.25) is 44.0 Å². The fraction of sp³-hybridized carbons (Fsp3) is 0.981. The van der Waals surface area contributed by atoms with E-state index in [4.69, 9.17) is 18.9 Å². The summed E-state index contributed by atoms with van der Waals surface area (Å²) in [5.74, 6) is 2.12. The Hall–Kier alpha value is -1.70. The third kappa shape index (κ3) is 62.6. The molecule has 12 aliphatic heterocycles. The number of ketones is 1. The van der Waals surface area contributed by atoms with Gasteiger partial charge in [-0.2, -0.15) is 0 Å². The zero-order valence-electron chi connectivity index (χ0n) is 91.2. The number of hydrogen-bond donors (Lipinski definition) is 3. The Balaban J connectivity index is 0.000000695.